The van der Waals surface area contributed by atoms with Crippen LogP contribution in [-0.4, -0.2) is 46.4 Å². The number of amides is 1. The van der Waals surface area contributed by atoms with E-state index in [0.29, 0.717) is 18.4 Å². The zero-order valence-corrected chi connectivity index (χ0v) is 16.9. The van der Waals surface area contributed by atoms with E-state index in [1.165, 1.54) is 38.5 Å². The van der Waals surface area contributed by atoms with Gasteiger partial charge in [-0.2, -0.15) is 0 Å². The van der Waals surface area contributed by atoms with Gasteiger partial charge >= 0.3 is 0 Å². The zero-order chi connectivity index (χ0) is 19.0. The highest BCUT2D eigenvalue weighted by Gasteiger charge is 2.43. The average Bonchev–Trinajstić information content (AvgIpc) is 3.19. The number of hydrogen-bond acceptors (Lipinski definition) is 3. The summed E-state index contributed by atoms with van der Waals surface area (Å²) in [4.78, 5) is 32.9. The van der Waals surface area contributed by atoms with Crippen molar-refractivity contribution in [2.45, 2.75) is 77.8 Å². The largest absolute Gasteiger partial charge is 0.363 e. The van der Waals surface area contributed by atoms with Crippen LogP contribution in [0.25, 0.3) is 0 Å². The van der Waals surface area contributed by atoms with E-state index >= 15 is 0 Å². The van der Waals surface area contributed by atoms with Crippen molar-refractivity contribution in [1.29, 1.82) is 0 Å². The smallest absolute Gasteiger partial charge is 0.222 e. The first-order chi connectivity index (χ1) is 13.0. The number of aromatic amines is 1. The van der Waals surface area contributed by atoms with Gasteiger partial charge in [-0.1, -0.05) is 12.8 Å². The molecular weight excluding hydrogens is 338 g/mol. The molecule has 2 saturated heterocycles. The number of nitrogens with zero attached hydrogens (tertiary/aromatic N) is 2. The Morgan fingerprint density at radius 2 is 1.89 bits per heavy atom. The third-order valence-corrected chi connectivity index (χ3v) is 7.20. The second-order valence-electron chi connectivity index (χ2n) is 9.18. The summed E-state index contributed by atoms with van der Waals surface area (Å²) in [5, 5.41) is 0. The molecule has 3 fully saturated rings. The number of rotatable bonds is 3. The number of piperidine rings is 2. The molecule has 0 unspecified atom stereocenters. The molecule has 1 aromatic heterocycles. The highest BCUT2D eigenvalue weighted by Crippen LogP contribution is 2.41. The normalized spacial score (nSPS) is 27.6. The number of hydrogen-bond donors (Lipinski definition) is 1. The van der Waals surface area contributed by atoms with Crippen molar-refractivity contribution >= 4 is 5.91 Å². The lowest BCUT2D eigenvalue weighted by Gasteiger charge is -2.49. The van der Waals surface area contributed by atoms with Crippen LogP contribution in [0, 0.1) is 19.3 Å². The first kappa shape index (κ1) is 18.7. The van der Waals surface area contributed by atoms with Gasteiger partial charge in [0.15, 0.2) is 5.43 Å². The van der Waals surface area contributed by atoms with E-state index in [-0.39, 0.29) is 10.8 Å². The minimum atomic E-state index is 0.158. The molecule has 5 nitrogen and oxygen atoms in total. The topological polar surface area (TPSA) is 56.4 Å². The Labute approximate surface area is 162 Å². The minimum absolute atomic E-state index is 0.158. The lowest BCUT2D eigenvalue weighted by Crippen LogP contribution is -2.56. The Balaban J connectivity index is 1.48. The molecule has 1 aromatic rings. The number of aromatic nitrogens is 1. The number of carbonyl (C=O) groups excluding carboxylic acids is 1. The summed E-state index contributed by atoms with van der Waals surface area (Å²) in [5.41, 5.74) is 3.08. The zero-order valence-electron chi connectivity index (χ0n) is 16.9. The van der Waals surface area contributed by atoms with E-state index in [2.05, 4.69) is 14.8 Å². The van der Waals surface area contributed by atoms with E-state index in [9.17, 15) is 9.59 Å². The summed E-state index contributed by atoms with van der Waals surface area (Å²) in [6.45, 7) is 7.66. The van der Waals surface area contributed by atoms with Crippen LogP contribution < -0.4 is 5.43 Å². The fourth-order valence-corrected chi connectivity index (χ4v) is 5.56. The van der Waals surface area contributed by atoms with Crippen LogP contribution in [0.1, 0.15) is 68.2 Å². The highest BCUT2D eigenvalue weighted by atomic mass is 16.2. The summed E-state index contributed by atoms with van der Waals surface area (Å²) in [6.07, 6.45) is 10.9. The number of nitrogens with one attached hydrogen (secondary N) is 1. The molecule has 1 spiro atoms. The molecule has 0 aromatic carbocycles. The van der Waals surface area contributed by atoms with Gasteiger partial charge in [0.25, 0.3) is 0 Å². The molecule has 4 rings (SSSR count). The first-order valence-electron chi connectivity index (χ1n) is 10.7. The van der Waals surface area contributed by atoms with Crippen LogP contribution in [0.2, 0.25) is 0 Å². The van der Waals surface area contributed by atoms with Crippen LogP contribution >= 0.6 is 0 Å². The summed E-state index contributed by atoms with van der Waals surface area (Å²) in [6, 6.07) is 0.487. The van der Waals surface area contributed by atoms with Crippen LogP contribution in [0.5, 0.6) is 0 Å². The summed E-state index contributed by atoms with van der Waals surface area (Å²) in [7, 11) is 0. The molecule has 0 bridgehead atoms. The third kappa shape index (κ3) is 3.71. The molecule has 1 atom stereocenters. The number of pyridine rings is 1. The SMILES string of the molecule is Cc1c[nH]c(CN2CCC[C@]3(CCC(=O)N(C4CCCC4)C3)C2)c(C)c1=O. The Hall–Kier alpha value is -1.62. The predicted octanol–water partition coefficient (Wildman–Crippen LogP) is 3.14. The fraction of sp³-hybridized carbons (Fsp3) is 0.727. The summed E-state index contributed by atoms with van der Waals surface area (Å²) >= 11 is 0. The van der Waals surface area contributed by atoms with Gasteiger partial charge < -0.3 is 9.88 Å². The molecule has 27 heavy (non-hydrogen) atoms. The van der Waals surface area contributed by atoms with Crippen molar-refractivity contribution < 1.29 is 4.79 Å². The molecule has 3 aliphatic rings. The van der Waals surface area contributed by atoms with Crippen LogP contribution in [0.15, 0.2) is 11.0 Å². The van der Waals surface area contributed by atoms with Crippen molar-refractivity contribution in [2.75, 3.05) is 19.6 Å². The standard InChI is InChI=1S/C22H33N3O2/c1-16-12-23-19(17(2)21(16)27)13-24-11-5-9-22(14-24)10-8-20(26)25(15-22)18-6-3-4-7-18/h12,18H,3-11,13-15H2,1-2H3,(H,23,27)/t22-/m0/s1. The summed E-state index contributed by atoms with van der Waals surface area (Å²) in [5.74, 6) is 0.378. The van der Waals surface area contributed by atoms with E-state index < -0.39 is 0 Å². The molecular formula is C22H33N3O2. The molecule has 3 heterocycles. The lowest BCUT2D eigenvalue weighted by atomic mass is 9.73. The Kier molecular flexibility index (Phi) is 5.15. The highest BCUT2D eigenvalue weighted by molar-refractivity contribution is 5.77. The van der Waals surface area contributed by atoms with Gasteiger partial charge in [0.05, 0.1) is 0 Å². The maximum absolute atomic E-state index is 12.6. The van der Waals surface area contributed by atoms with E-state index in [1.54, 1.807) is 0 Å². The molecule has 0 radical (unpaired) electrons. The van der Waals surface area contributed by atoms with Crippen molar-refractivity contribution in [3.8, 4) is 0 Å². The van der Waals surface area contributed by atoms with Gasteiger partial charge in [-0.3, -0.25) is 14.5 Å². The first-order valence-corrected chi connectivity index (χ1v) is 10.7. The molecule has 2 aliphatic heterocycles. The third-order valence-electron chi connectivity index (χ3n) is 7.20. The second-order valence-corrected chi connectivity index (χ2v) is 9.18. The molecule has 1 N–H and O–H groups in total. The number of H-pyrrole nitrogens is 1. The van der Waals surface area contributed by atoms with Crippen LogP contribution in [-0.2, 0) is 11.3 Å². The van der Waals surface area contributed by atoms with Crippen LogP contribution in [0.4, 0.5) is 0 Å². The van der Waals surface area contributed by atoms with E-state index in [4.69, 9.17) is 0 Å². The molecule has 1 aliphatic carbocycles. The predicted molar refractivity (Wildman–Crippen MR) is 107 cm³/mol. The molecule has 1 amide bonds. The van der Waals surface area contributed by atoms with Gasteiger partial charge in [0, 0.05) is 60.5 Å². The minimum Gasteiger partial charge on any atom is -0.363 e. The van der Waals surface area contributed by atoms with Crippen LogP contribution in [0.3, 0.4) is 0 Å². The van der Waals surface area contributed by atoms with Crippen molar-refractivity contribution in [3.63, 3.8) is 0 Å². The van der Waals surface area contributed by atoms with Gasteiger partial charge in [-0.05, 0) is 52.5 Å². The number of aryl methyl sites for hydroxylation is 1. The molecule has 5 heteroatoms. The van der Waals surface area contributed by atoms with E-state index in [1.807, 2.05) is 20.0 Å². The second kappa shape index (κ2) is 7.42. The van der Waals surface area contributed by atoms with Crippen molar-refractivity contribution in [1.82, 2.24) is 14.8 Å². The van der Waals surface area contributed by atoms with Gasteiger partial charge in [0.2, 0.25) is 5.91 Å². The molecule has 148 valence electrons. The quantitative estimate of drug-likeness (QED) is 0.888. The Morgan fingerprint density at radius 3 is 2.67 bits per heavy atom. The maximum Gasteiger partial charge on any atom is 0.222 e. The summed E-state index contributed by atoms with van der Waals surface area (Å²) < 4.78 is 0. The van der Waals surface area contributed by atoms with Gasteiger partial charge in [-0.15, -0.1) is 0 Å². The van der Waals surface area contributed by atoms with Crippen molar-refractivity contribution in [2.24, 2.45) is 5.41 Å². The fourth-order valence-electron chi connectivity index (χ4n) is 5.56. The van der Waals surface area contributed by atoms with Crippen molar-refractivity contribution in [3.05, 3.63) is 33.2 Å². The van der Waals surface area contributed by atoms with Gasteiger partial charge in [0.1, 0.15) is 0 Å². The lowest BCUT2D eigenvalue weighted by molar-refractivity contribution is -0.142. The Bertz CT molecular complexity index is 765. The van der Waals surface area contributed by atoms with Gasteiger partial charge in [-0.25, -0.2) is 0 Å². The Morgan fingerprint density at radius 1 is 1.11 bits per heavy atom. The monoisotopic (exact) mass is 371 g/mol. The van der Waals surface area contributed by atoms with E-state index in [0.717, 1.165) is 49.4 Å². The molecule has 1 saturated carbocycles. The number of carbonyl (C=O) groups is 1. The number of likely N-dealkylation sites (tertiary alicyclic amines) is 2. The maximum atomic E-state index is 12.6. The average molecular weight is 372 g/mol.